The Morgan fingerprint density at radius 2 is 1.68 bits per heavy atom. The van der Waals surface area contributed by atoms with Crippen molar-refractivity contribution in [3.63, 3.8) is 0 Å². The summed E-state index contributed by atoms with van der Waals surface area (Å²) < 4.78 is 25.1. The van der Waals surface area contributed by atoms with E-state index in [0.29, 0.717) is 13.2 Å². The Hall–Kier alpha value is -3.92. The van der Waals surface area contributed by atoms with Gasteiger partial charge in [-0.05, 0) is 109 Å². The minimum absolute atomic E-state index is 0.234. The highest BCUT2D eigenvalue weighted by atomic mass is 32.1. The molecule has 7 nitrogen and oxygen atoms in total. The van der Waals surface area contributed by atoms with Crippen molar-refractivity contribution in [1.82, 2.24) is 9.80 Å². The van der Waals surface area contributed by atoms with Crippen LogP contribution in [0.5, 0.6) is 17.2 Å². The van der Waals surface area contributed by atoms with Gasteiger partial charge in [0, 0.05) is 47.4 Å². The van der Waals surface area contributed by atoms with Crippen molar-refractivity contribution in [2.45, 2.75) is 51.5 Å². The molecule has 0 aliphatic carbocycles. The Morgan fingerprint density at radius 1 is 0.880 bits per heavy atom. The molecular weight excluding hydrogens is 645 g/mol. The van der Waals surface area contributed by atoms with Gasteiger partial charge >= 0.3 is 0 Å². The molecule has 0 bridgehead atoms. The van der Waals surface area contributed by atoms with Gasteiger partial charge in [-0.1, -0.05) is 42.5 Å². The number of aliphatic hydroxyl groups is 1. The average molecular weight is 693 g/mol. The van der Waals surface area contributed by atoms with Crippen LogP contribution in [0.1, 0.15) is 42.0 Å². The number of hydrogen-bond acceptors (Lipinski definition) is 8. The van der Waals surface area contributed by atoms with E-state index < -0.39 is 0 Å². The molecule has 4 aromatic carbocycles. The summed E-state index contributed by atoms with van der Waals surface area (Å²) in [6, 6.07) is 32.2. The van der Waals surface area contributed by atoms with Crippen LogP contribution in [-0.2, 0) is 24.3 Å². The maximum atomic E-state index is 10.1. The predicted molar refractivity (Wildman–Crippen MR) is 202 cm³/mol. The number of ether oxygens (including phenoxy) is 4. The highest BCUT2D eigenvalue weighted by Crippen LogP contribution is 2.42. The maximum absolute atomic E-state index is 10.1. The fourth-order valence-corrected chi connectivity index (χ4v) is 8.52. The third kappa shape index (κ3) is 8.33. The lowest BCUT2D eigenvalue weighted by Gasteiger charge is -2.27. The summed E-state index contributed by atoms with van der Waals surface area (Å²) in [5.74, 6) is 2.66. The Bertz CT molecular complexity index is 1840. The number of benzene rings is 4. The molecule has 0 spiro atoms. The van der Waals surface area contributed by atoms with Crippen LogP contribution in [0.2, 0.25) is 0 Å². The van der Waals surface area contributed by atoms with Gasteiger partial charge in [0.05, 0.1) is 26.4 Å². The molecule has 2 aliphatic rings. The zero-order chi connectivity index (χ0) is 34.3. The monoisotopic (exact) mass is 692 g/mol. The number of rotatable bonds is 14. The van der Waals surface area contributed by atoms with E-state index in [1.807, 2.05) is 36.5 Å². The number of morpholine rings is 1. The lowest BCUT2D eigenvalue weighted by molar-refractivity contribution is 0.0339. The van der Waals surface area contributed by atoms with Crippen LogP contribution >= 0.6 is 11.3 Å². The first-order chi connectivity index (χ1) is 24.5. The lowest BCUT2D eigenvalue weighted by Crippen LogP contribution is -2.39. The fraction of sp³-hybridized carbons (Fsp3) is 0.381. The van der Waals surface area contributed by atoms with Crippen molar-refractivity contribution < 1.29 is 24.1 Å². The molecule has 2 aliphatic heterocycles. The minimum atomic E-state index is -0.312. The topological polar surface area (TPSA) is 63.6 Å². The molecule has 1 aromatic heterocycles. The molecule has 8 heteroatoms. The first-order valence-electron chi connectivity index (χ1n) is 17.9. The number of fused-ring (bicyclic) bond motifs is 1. The summed E-state index contributed by atoms with van der Waals surface area (Å²) in [6.07, 6.45) is 2.66. The number of nitrogens with zero attached hydrogens (tertiary/aromatic N) is 2. The van der Waals surface area contributed by atoms with Gasteiger partial charge in [0.25, 0.3) is 0 Å². The van der Waals surface area contributed by atoms with Gasteiger partial charge in [-0.25, -0.2) is 0 Å². The van der Waals surface area contributed by atoms with Crippen LogP contribution in [0.3, 0.4) is 0 Å². The van der Waals surface area contributed by atoms with Crippen molar-refractivity contribution in [2.24, 2.45) is 0 Å². The van der Waals surface area contributed by atoms with E-state index in [1.165, 1.54) is 37.2 Å². The second-order valence-electron chi connectivity index (χ2n) is 13.4. The summed E-state index contributed by atoms with van der Waals surface area (Å²) >= 11 is 1.81. The van der Waals surface area contributed by atoms with Crippen molar-refractivity contribution in [3.8, 4) is 27.7 Å². The molecule has 50 heavy (non-hydrogen) atoms. The van der Waals surface area contributed by atoms with Crippen molar-refractivity contribution in [1.29, 1.82) is 0 Å². The van der Waals surface area contributed by atoms with Crippen molar-refractivity contribution in [2.75, 3.05) is 53.1 Å². The van der Waals surface area contributed by atoms with Gasteiger partial charge in [0.1, 0.15) is 30.5 Å². The SMILES string of the molecule is COc1cc(Cc2c(-c3ccc(OCCN4CCC[C@H]4[C@H](C)O)cc3)sc3cc(OCc4ccccc4)ccc23)ccc1CN1CCOCC1. The number of methoxy groups -OCH3 is 1. The van der Waals surface area contributed by atoms with Gasteiger partial charge in [0.15, 0.2) is 0 Å². The first kappa shape index (κ1) is 34.5. The Kier molecular flexibility index (Phi) is 11.3. The first-order valence-corrected chi connectivity index (χ1v) is 18.7. The molecule has 2 saturated heterocycles. The molecular formula is C42H48N2O5S. The average Bonchev–Trinajstić information content (AvgIpc) is 3.77. The molecule has 2 fully saturated rings. The van der Waals surface area contributed by atoms with Gasteiger partial charge in [0.2, 0.25) is 0 Å². The van der Waals surface area contributed by atoms with Crippen LogP contribution < -0.4 is 14.2 Å². The Balaban J connectivity index is 1.13. The molecule has 3 heterocycles. The highest BCUT2D eigenvalue weighted by molar-refractivity contribution is 7.22. The molecule has 0 radical (unpaired) electrons. The summed E-state index contributed by atoms with van der Waals surface area (Å²) in [5, 5.41) is 11.4. The van der Waals surface area contributed by atoms with Gasteiger partial charge in [-0.3, -0.25) is 9.80 Å². The molecule has 262 valence electrons. The maximum Gasteiger partial charge on any atom is 0.123 e. The third-order valence-corrected chi connectivity index (χ3v) is 11.2. The molecule has 0 unspecified atom stereocenters. The van der Waals surface area contributed by atoms with E-state index in [0.717, 1.165) is 88.0 Å². The van der Waals surface area contributed by atoms with E-state index in [9.17, 15) is 5.11 Å². The molecule has 7 rings (SSSR count). The van der Waals surface area contributed by atoms with Gasteiger partial charge in [-0.2, -0.15) is 0 Å². The number of thiophene rings is 1. The standard InChI is InChI=1S/C42H48N2O5S/c1-30(45)39-9-6-18-44(39)21-24-48-35-14-12-33(13-15-35)42-38(25-32-10-11-34(40(26-32)46-2)28-43-19-22-47-23-20-43)37-17-16-36(27-41(37)50-42)49-29-31-7-4-3-5-8-31/h3-5,7-8,10-17,26-27,30,39,45H,6,9,18-25,28-29H2,1-2H3/t30-,39-/m0/s1. The molecule has 0 saturated carbocycles. The minimum Gasteiger partial charge on any atom is -0.496 e. The summed E-state index contributed by atoms with van der Waals surface area (Å²) in [4.78, 5) is 6.03. The number of aliphatic hydroxyl groups excluding tert-OH is 1. The van der Waals surface area contributed by atoms with E-state index in [2.05, 4.69) is 82.6 Å². The second kappa shape index (κ2) is 16.4. The van der Waals surface area contributed by atoms with E-state index in [4.69, 9.17) is 18.9 Å². The Labute approximate surface area is 300 Å². The van der Waals surface area contributed by atoms with Crippen LogP contribution in [0.4, 0.5) is 0 Å². The van der Waals surface area contributed by atoms with Crippen LogP contribution in [0.15, 0.2) is 91.0 Å². The highest BCUT2D eigenvalue weighted by Gasteiger charge is 2.27. The van der Waals surface area contributed by atoms with Gasteiger partial charge in [-0.15, -0.1) is 11.3 Å². The molecule has 5 aromatic rings. The second-order valence-corrected chi connectivity index (χ2v) is 14.5. The summed E-state index contributed by atoms with van der Waals surface area (Å²) in [7, 11) is 1.77. The van der Waals surface area contributed by atoms with Gasteiger partial charge < -0.3 is 24.1 Å². The molecule has 1 N–H and O–H groups in total. The van der Waals surface area contributed by atoms with E-state index in [-0.39, 0.29) is 12.1 Å². The predicted octanol–water partition coefficient (Wildman–Crippen LogP) is 7.80. The lowest BCUT2D eigenvalue weighted by atomic mass is 9.97. The molecule has 2 atom stereocenters. The zero-order valence-corrected chi connectivity index (χ0v) is 30.0. The summed E-state index contributed by atoms with van der Waals surface area (Å²) in [6.45, 7) is 9.18. The van der Waals surface area contributed by atoms with E-state index in [1.54, 1.807) is 7.11 Å². The van der Waals surface area contributed by atoms with Crippen LogP contribution in [0.25, 0.3) is 20.5 Å². The third-order valence-electron chi connectivity index (χ3n) is 9.98. The normalized spacial score (nSPS) is 17.6. The van der Waals surface area contributed by atoms with Crippen molar-refractivity contribution in [3.05, 3.63) is 113 Å². The Morgan fingerprint density at radius 3 is 2.46 bits per heavy atom. The van der Waals surface area contributed by atoms with E-state index >= 15 is 0 Å². The van der Waals surface area contributed by atoms with Crippen LogP contribution in [0, 0.1) is 0 Å². The number of likely N-dealkylation sites (tertiary alicyclic amines) is 1. The van der Waals surface area contributed by atoms with Crippen molar-refractivity contribution >= 4 is 21.4 Å². The van der Waals surface area contributed by atoms with Crippen LogP contribution in [-0.4, -0.2) is 80.2 Å². The fourth-order valence-electron chi connectivity index (χ4n) is 7.26. The smallest absolute Gasteiger partial charge is 0.123 e. The quantitative estimate of drug-likeness (QED) is 0.127. The number of hydrogen-bond donors (Lipinski definition) is 1. The largest absolute Gasteiger partial charge is 0.496 e. The molecule has 0 amide bonds. The summed E-state index contributed by atoms with van der Waals surface area (Å²) in [5.41, 5.74) is 6.04. The zero-order valence-electron chi connectivity index (χ0n) is 29.2.